The monoisotopic (exact) mass is 330 g/mol. The third-order valence-corrected chi connectivity index (χ3v) is 4.14. The molecule has 6 heteroatoms. The number of nitrogens with one attached hydrogen (secondary N) is 2. The summed E-state index contributed by atoms with van der Waals surface area (Å²) in [5.74, 6) is 1.30. The molecule has 1 aromatic heterocycles. The van der Waals surface area contributed by atoms with Crippen LogP contribution in [-0.4, -0.2) is 24.9 Å². The zero-order chi connectivity index (χ0) is 16.8. The number of aryl methyl sites for hydroxylation is 1. The quantitative estimate of drug-likeness (QED) is 0.827. The van der Waals surface area contributed by atoms with Crippen molar-refractivity contribution in [2.75, 3.05) is 13.1 Å². The first-order chi connectivity index (χ1) is 11.0. The highest BCUT2D eigenvalue weighted by Gasteiger charge is 2.14. The summed E-state index contributed by atoms with van der Waals surface area (Å²) < 4.78 is 13.0. The highest BCUT2D eigenvalue weighted by molar-refractivity contribution is 7.14. The summed E-state index contributed by atoms with van der Waals surface area (Å²) >= 11 is 1.32. The van der Waals surface area contributed by atoms with Crippen LogP contribution < -0.4 is 10.6 Å². The van der Waals surface area contributed by atoms with E-state index in [-0.39, 0.29) is 30.7 Å². The fourth-order valence-electron chi connectivity index (χ4n) is 1.97. The van der Waals surface area contributed by atoms with Crippen molar-refractivity contribution < 1.29 is 14.0 Å². The van der Waals surface area contributed by atoms with Crippen LogP contribution in [0, 0.1) is 25.1 Å². The molecule has 0 fully saturated rings. The third kappa shape index (κ3) is 4.41. The Bertz CT molecular complexity index is 760. The average molecular weight is 330 g/mol. The maximum absolute atomic E-state index is 13.0. The number of carbonyl (C=O) groups is 2. The summed E-state index contributed by atoms with van der Waals surface area (Å²) in [4.78, 5) is 24.9. The van der Waals surface area contributed by atoms with Gasteiger partial charge in [0, 0.05) is 4.88 Å². The zero-order valence-corrected chi connectivity index (χ0v) is 13.3. The highest BCUT2D eigenvalue weighted by Crippen LogP contribution is 2.31. The first-order valence-corrected chi connectivity index (χ1v) is 7.67. The first-order valence-electron chi connectivity index (χ1n) is 6.86. The van der Waals surface area contributed by atoms with Crippen LogP contribution in [0.25, 0.3) is 11.1 Å². The molecule has 1 heterocycles. The molecular formula is C17H15FN2O2S. The lowest BCUT2D eigenvalue weighted by Crippen LogP contribution is -2.36. The molecule has 23 heavy (non-hydrogen) atoms. The van der Waals surface area contributed by atoms with Gasteiger partial charge in [-0.2, -0.15) is 0 Å². The molecule has 2 N–H and O–H groups in total. The van der Waals surface area contributed by atoms with Gasteiger partial charge in [0.1, 0.15) is 5.82 Å². The Hall–Kier alpha value is -2.65. The molecule has 0 aliphatic rings. The highest BCUT2D eigenvalue weighted by atomic mass is 32.1. The Balaban J connectivity index is 2.05. The Morgan fingerprint density at radius 1 is 1.26 bits per heavy atom. The van der Waals surface area contributed by atoms with Gasteiger partial charge in [-0.1, -0.05) is 18.1 Å². The standard InChI is InChI=1S/C17H15FN2O2S/c1-3-8-19-16(21)10-20-17(22)15-9-14(11(2)23-15)12-4-6-13(18)7-5-12/h1,4-7,9H,8,10H2,2H3,(H,19,21)(H,20,22). The van der Waals surface area contributed by atoms with Crippen LogP contribution in [0.4, 0.5) is 4.39 Å². The van der Waals surface area contributed by atoms with E-state index < -0.39 is 0 Å². The van der Waals surface area contributed by atoms with Crippen LogP contribution in [0.3, 0.4) is 0 Å². The van der Waals surface area contributed by atoms with Crippen molar-refractivity contribution in [2.45, 2.75) is 6.92 Å². The van der Waals surface area contributed by atoms with Crippen molar-refractivity contribution in [3.05, 3.63) is 45.9 Å². The van der Waals surface area contributed by atoms with E-state index in [0.717, 1.165) is 16.0 Å². The minimum Gasteiger partial charge on any atom is -0.344 e. The van der Waals surface area contributed by atoms with Crippen molar-refractivity contribution in [3.63, 3.8) is 0 Å². The van der Waals surface area contributed by atoms with Gasteiger partial charge in [0.05, 0.1) is 18.0 Å². The van der Waals surface area contributed by atoms with Gasteiger partial charge in [0.2, 0.25) is 5.91 Å². The summed E-state index contributed by atoms with van der Waals surface area (Å²) in [6, 6.07) is 7.82. The second-order valence-corrected chi connectivity index (χ2v) is 6.01. The summed E-state index contributed by atoms with van der Waals surface area (Å²) in [5, 5.41) is 5.00. The average Bonchev–Trinajstić information content (AvgIpc) is 2.93. The van der Waals surface area contributed by atoms with E-state index in [4.69, 9.17) is 6.42 Å². The second kappa shape index (κ2) is 7.56. The molecule has 0 aliphatic heterocycles. The van der Waals surface area contributed by atoms with Crippen LogP contribution in [-0.2, 0) is 4.79 Å². The topological polar surface area (TPSA) is 58.2 Å². The zero-order valence-electron chi connectivity index (χ0n) is 12.5. The SMILES string of the molecule is C#CCNC(=O)CNC(=O)c1cc(-c2ccc(F)cc2)c(C)s1. The number of halogens is 1. The van der Waals surface area contributed by atoms with Crippen molar-refractivity contribution in [1.82, 2.24) is 10.6 Å². The van der Waals surface area contributed by atoms with E-state index >= 15 is 0 Å². The molecule has 2 aromatic rings. The van der Waals surface area contributed by atoms with Crippen molar-refractivity contribution in [2.24, 2.45) is 0 Å². The van der Waals surface area contributed by atoms with Gasteiger partial charge < -0.3 is 10.6 Å². The Kier molecular flexibility index (Phi) is 5.50. The lowest BCUT2D eigenvalue weighted by atomic mass is 10.1. The molecule has 0 spiro atoms. The number of thiophene rings is 1. The number of amides is 2. The van der Waals surface area contributed by atoms with Crippen molar-refractivity contribution in [1.29, 1.82) is 0 Å². The maximum Gasteiger partial charge on any atom is 0.261 e. The number of carbonyl (C=O) groups excluding carboxylic acids is 2. The third-order valence-electron chi connectivity index (χ3n) is 3.09. The summed E-state index contributed by atoms with van der Waals surface area (Å²) in [6.07, 6.45) is 5.03. The molecule has 0 saturated heterocycles. The van der Waals surface area contributed by atoms with E-state index in [0.29, 0.717) is 4.88 Å². The first kappa shape index (κ1) is 16.7. The fourth-order valence-corrected chi connectivity index (χ4v) is 2.93. The van der Waals surface area contributed by atoms with E-state index in [2.05, 4.69) is 16.6 Å². The van der Waals surface area contributed by atoms with Gasteiger partial charge in [0.15, 0.2) is 0 Å². The van der Waals surface area contributed by atoms with Gasteiger partial charge in [0.25, 0.3) is 5.91 Å². The second-order valence-electron chi connectivity index (χ2n) is 4.75. The number of terminal acetylenes is 1. The van der Waals surface area contributed by atoms with E-state index in [1.165, 1.54) is 23.5 Å². The Labute approximate surface area is 137 Å². The smallest absolute Gasteiger partial charge is 0.261 e. The number of rotatable bonds is 5. The molecule has 4 nitrogen and oxygen atoms in total. The molecule has 0 saturated carbocycles. The van der Waals surface area contributed by atoms with Crippen molar-refractivity contribution in [3.8, 4) is 23.5 Å². The minimum atomic E-state index is -0.344. The molecule has 2 amide bonds. The molecule has 2 rings (SSSR count). The van der Waals surface area contributed by atoms with Gasteiger partial charge in [-0.3, -0.25) is 9.59 Å². The summed E-state index contributed by atoms with van der Waals surface area (Å²) in [5.41, 5.74) is 1.71. The molecular weight excluding hydrogens is 315 g/mol. The predicted octanol–water partition coefficient (Wildman–Crippen LogP) is 2.34. The van der Waals surface area contributed by atoms with Crippen LogP contribution in [0.5, 0.6) is 0 Å². The van der Waals surface area contributed by atoms with Crippen LogP contribution in [0.1, 0.15) is 14.5 Å². The van der Waals surface area contributed by atoms with Crippen LogP contribution in [0.2, 0.25) is 0 Å². The maximum atomic E-state index is 13.0. The van der Waals surface area contributed by atoms with E-state index in [1.807, 2.05) is 6.92 Å². The predicted molar refractivity (Wildman–Crippen MR) is 88.6 cm³/mol. The summed E-state index contributed by atoms with van der Waals surface area (Å²) in [6.45, 7) is 1.88. The molecule has 0 aliphatic carbocycles. The number of hydrogen-bond acceptors (Lipinski definition) is 3. The van der Waals surface area contributed by atoms with Crippen LogP contribution >= 0.6 is 11.3 Å². The van der Waals surface area contributed by atoms with Gasteiger partial charge in [-0.05, 0) is 36.2 Å². The van der Waals surface area contributed by atoms with Gasteiger partial charge >= 0.3 is 0 Å². The molecule has 118 valence electrons. The molecule has 0 radical (unpaired) electrons. The fraction of sp³-hybridized carbons (Fsp3) is 0.176. The molecule has 0 unspecified atom stereocenters. The summed E-state index contributed by atoms with van der Waals surface area (Å²) in [7, 11) is 0. The molecule has 0 bridgehead atoms. The molecule has 0 atom stereocenters. The molecule has 1 aromatic carbocycles. The van der Waals surface area contributed by atoms with Crippen molar-refractivity contribution >= 4 is 23.2 Å². The minimum absolute atomic E-state index is 0.127. The Morgan fingerprint density at radius 3 is 2.61 bits per heavy atom. The number of hydrogen-bond donors (Lipinski definition) is 2. The largest absolute Gasteiger partial charge is 0.344 e. The Morgan fingerprint density at radius 2 is 1.96 bits per heavy atom. The van der Waals surface area contributed by atoms with E-state index in [1.54, 1.807) is 18.2 Å². The van der Waals surface area contributed by atoms with Gasteiger partial charge in [-0.25, -0.2) is 4.39 Å². The van der Waals surface area contributed by atoms with Gasteiger partial charge in [-0.15, -0.1) is 17.8 Å². The lowest BCUT2D eigenvalue weighted by Gasteiger charge is -2.03. The normalized spacial score (nSPS) is 9.96. The lowest BCUT2D eigenvalue weighted by molar-refractivity contribution is -0.119. The van der Waals surface area contributed by atoms with E-state index in [9.17, 15) is 14.0 Å². The van der Waals surface area contributed by atoms with Crippen LogP contribution in [0.15, 0.2) is 30.3 Å². The number of benzene rings is 1.